The van der Waals surface area contributed by atoms with Crippen LogP contribution in [0.5, 0.6) is 0 Å². The second-order valence-corrected chi connectivity index (χ2v) is 4.40. The van der Waals surface area contributed by atoms with Crippen molar-refractivity contribution in [3.63, 3.8) is 0 Å². The molecule has 0 aliphatic rings. The molecule has 0 spiro atoms. The van der Waals surface area contributed by atoms with Crippen molar-refractivity contribution in [3.8, 4) is 17.3 Å². The van der Waals surface area contributed by atoms with Crippen molar-refractivity contribution in [1.29, 1.82) is 5.26 Å². The lowest BCUT2D eigenvalue weighted by Gasteiger charge is -1.97. The Morgan fingerprint density at radius 3 is 2.56 bits per heavy atom. The lowest BCUT2D eigenvalue weighted by atomic mass is 10.1. The van der Waals surface area contributed by atoms with Crippen molar-refractivity contribution in [2.75, 3.05) is 0 Å². The Labute approximate surface area is 106 Å². The zero-order chi connectivity index (χ0) is 12.5. The van der Waals surface area contributed by atoms with Gasteiger partial charge in [-0.15, -0.1) is 0 Å². The molecule has 0 bridgehead atoms. The highest BCUT2D eigenvalue weighted by atomic mass is 14.7. The van der Waals surface area contributed by atoms with Crippen LogP contribution in [-0.2, 0) is 0 Å². The van der Waals surface area contributed by atoms with Crippen LogP contribution in [0.25, 0.3) is 22.2 Å². The number of fused-ring (bicyclic) bond motifs is 1. The van der Waals surface area contributed by atoms with Crippen LogP contribution in [0.2, 0.25) is 0 Å². The maximum absolute atomic E-state index is 9.39. The molecule has 2 heteroatoms. The highest BCUT2D eigenvalue weighted by Crippen LogP contribution is 2.30. The summed E-state index contributed by atoms with van der Waals surface area (Å²) in [6.45, 7) is 2.04. The standard InChI is InChI=1S/C16H12N2/c1-11-7-8-15-13(9-11)14(10-17)16(18-15)12-5-3-2-4-6-12/h2-9,18H,1H3. The molecule has 0 saturated carbocycles. The van der Waals surface area contributed by atoms with Gasteiger partial charge in [-0.2, -0.15) is 5.26 Å². The predicted molar refractivity (Wildman–Crippen MR) is 73.2 cm³/mol. The summed E-state index contributed by atoms with van der Waals surface area (Å²) >= 11 is 0. The van der Waals surface area contributed by atoms with Crippen LogP contribution >= 0.6 is 0 Å². The summed E-state index contributed by atoms with van der Waals surface area (Å²) < 4.78 is 0. The van der Waals surface area contributed by atoms with Crippen LogP contribution in [0.15, 0.2) is 48.5 Å². The summed E-state index contributed by atoms with van der Waals surface area (Å²) in [5.41, 5.74) is 4.84. The number of hydrogen-bond donors (Lipinski definition) is 1. The quantitative estimate of drug-likeness (QED) is 0.676. The Morgan fingerprint density at radius 1 is 1.06 bits per heavy atom. The number of aromatic nitrogens is 1. The zero-order valence-corrected chi connectivity index (χ0v) is 10.1. The van der Waals surface area contributed by atoms with Crippen molar-refractivity contribution in [2.45, 2.75) is 6.92 Å². The number of aryl methyl sites for hydroxylation is 1. The molecule has 0 fully saturated rings. The van der Waals surface area contributed by atoms with Gasteiger partial charge in [0, 0.05) is 10.9 Å². The topological polar surface area (TPSA) is 39.6 Å². The number of H-pyrrole nitrogens is 1. The minimum absolute atomic E-state index is 0.722. The van der Waals surface area contributed by atoms with E-state index in [9.17, 15) is 5.26 Å². The van der Waals surface area contributed by atoms with E-state index in [1.165, 1.54) is 0 Å². The van der Waals surface area contributed by atoms with Gasteiger partial charge in [-0.1, -0.05) is 42.0 Å². The van der Waals surface area contributed by atoms with E-state index in [1.54, 1.807) is 0 Å². The van der Waals surface area contributed by atoms with Crippen molar-refractivity contribution in [3.05, 3.63) is 59.7 Å². The number of hydrogen-bond acceptors (Lipinski definition) is 1. The van der Waals surface area contributed by atoms with E-state index >= 15 is 0 Å². The summed E-state index contributed by atoms with van der Waals surface area (Å²) in [5.74, 6) is 0. The summed E-state index contributed by atoms with van der Waals surface area (Å²) in [5, 5.41) is 10.4. The number of aromatic amines is 1. The molecule has 1 heterocycles. The molecule has 3 rings (SSSR count). The Bertz CT molecular complexity index is 746. The number of benzene rings is 2. The molecule has 0 saturated heterocycles. The maximum Gasteiger partial charge on any atom is 0.102 e. The first-order chi connectivity index (χ1) is 8.79. The fourth-order valence-corrected chi connectivity index (χ4v) is 2.24. The fraction of sp³-hybridized carbons (Fsp3) is 0.0625. The summed E-state index contributed by atoms with van der Waals surface area (Å²) in [4.78, 5) is 3.34. The third-order valence-electron chi connectivity index (χ3n) is 3.13. The molecule has 3 aromatic rings. The second-order valence-electron chi connectivity index (χ2n) is 4.40. The van der Waals surface area contributed by atoms with Gasteiger partial charge < -0.3 is 4.98 Å². The fourth-order valence-electron chi connectivity index (χ4n) is 2.24. The van der Waals surface area contributed by atoms with Gasteiger partial charge in [0.25, 0.3) is 0 Å². The minimum atomic E-state index is 0.722. The molecular weight excluding hydrogens is 220 g/mol. The lowest BCUT2D eigenvalue weighted by molar-refractivity contribution is 1.42. The normalized spacial score (nSPS) is 10.4. The molecule has 0 radical (unpaired) electrons. The lowest BCUT2D eigenvalue weighted by Crippen LogP contribution is -1.80. The van der Waals surface area contributed by atoms with Gasteiger partial charge >= 0.3 is 0 Å². The summed E-state index contributed by atoms with van der Waals surface area (Å²) in [7, 11) is 0. The van der Waals surface area contributed by atoms with Crippen LogP contribution < -0.4 is 0 Å². The average molecular weight is 232 g/mol. The van der Waals surface area contributed by atoms with Crippen molar-refractivity contribution in [2.24, 2.45) is 0 Å². The van der Waals surface area contributed by atoms with E-state index in [0.29, 0.717) is 0 Å². The van der Waals surface area contributed by atoms with Crippen molar-refractivity contribution in [1.82, 2.24) is 4.98 Å². The summed E-state index contributed by atoms with van der Waals surface area (Å²) in [6.07, 6.45) is 0. The number of nitriles is 1. The van der Waals surface area contributed by atoms with Gasteiger partial charge in [-0.25, -0.2) is 0 Å². The molecule has 86 valence electrons. The molecule has 0 unspecified atom stereocenters. The van der Waals surface area contributed by atoms with E-state index < -0.39 is 0 Å². The molecular formula is C16H12N2. The third kappa shape index (κ3) is 1.57. The molecule has 0 aliphatic heterocycles. The molecule has 2 aromatic carbocycles. The Kier molecular flexibility index (Phi) is 2.39. The van der Waals surface area contributed by atoms with Crippen LogP contribution in [-0.4, -0.2) is 4.98 Å². The first-order valence-electron chi connectivity index (χ1n) is 5.87. The Balaban J connectivity index is 2.34. The number of nitrogens with one attached hydrogen (secondary N) is 1. The summed E-state index contributed by atoms with van der Waals surface area (Å²) in [6, 6.07) is 18.4. The Morgan fingerprint density at radius 2 is 1.83 bits per heavy atom. The maximum atomic E-state index is 9.39. The molecule has 0 aliphatic carbocycles. The monoisotopic (exact) mass is 232 g/mol. The van der Waals surface area contributed by atoms with Gasteiger partial charge in [0.15, 0.2) is 0 Å². The van der Waals surface area contributed by atoms with E-state index in [1.807, 2.05) is 43.3 Å². The molecule has 18 heavy (non-hydrogen) atoms. The first kappa shape index (κ1) is 10.6. The number of rotatable bonds is 1. The third-order valence-corrected chi connectivity index (χ3v) is 3.13. The van der Waals surface area contributed by atoms with E-state index in [-0.39, 0.29) is 0 Å². The largest absolute Gasteiger partial charge is 0.353 e. The molecule has 1 aromatic heterocycles. The van der Waals surface area contributed by atoms with Gasteiger partial charge in [0.2, 0.25) is 0 Å². The van der Waals surface area contributed by atoms with Crippen LogP contribution in [0.3, 0.4) is 0 Å². The average Bonchev–Trinajstić information content (AvgIpc) is 2.77. The minimum Gasteiger partial charge on any atom is -0.353 e. The molecule has 0 atom stereocenters. The smallest absolute Gasteiger partial charge is 0.102 e. The van der Waals surface area contributed by atoms with Gasteiger partial charge in [0.05, 0.1) is 11.3 Å². The van der Waals surface area contributed by atoms with E-state index in [0.717, 1.165) is 33.3 Å². The highest BCUT2D eigenvalue weighted by molar-refractivity contribution is 5.93. The van der Waals surface area contributed by atoms with Crippen molar-refractivity contribution >= 4 is 10.9 Å². The molecule has 2 nitrogen and oxygen atoms in total. The van der Waals surface area contributed by atoms with Gasteiger partial charge in [-0.3, -0.25) is 0 Å². The second kappa shape index (κ2) is 4.05. The Hall–Kier alpha value is -2.53. The van der Waals surface area contributed by atoms with Crippen molar-refractivity contribution < 1.29 is 0 Å². The first-order valence-corrected chi connectivity index (χ1v) is 5.87. The van der Waals surface area contributed by atoms with Crippen LogP contribution in [0.1, 0.15) is 11.1 Å². The SMILES string of the molecule is Cc1ccc2[nH]c(-c3ccccc3)c(C#N)c2c1. The highest BCUT2D eigenvalue weighted by Gasteiger charge is 2.12. The van der Waals surface area contributed by atoms with Gasteiger partial charge in [-0.05, 0) is 24.6 Å². The van der Waals surface area contributed by atoms with E-state index in [2.05, 4.69) is 23.2 Å². The number of nitrogens with zero attached hydrogens (tertiary/aromatic N) is 1. The zero-order valence-electron chi connectivity index (χ0n) is 10.1. The van der Waals surface area contributed by atoms with Crippen LogP contribution in [0, 0.1) is 18.3 Å². The van der Waals surface area contributed by atoms with E-state index in [4.69, 9.17) is 0 Å². The predicted octanol–water partition coefficient (Wildman–Crippen LogP) is 4.02. The molecule has 1 N–H and O–H groups in total. The molecule has 0 amide bonds. The van der Waals surface area contributed by atoms with Crippen LogP contribution in [0.4, 0.5) is 0 Å². The van der Waals surface area contributed by atoms with Gasteiger partial charge in [0.1, 0.15) is 6.07 Å².